The largest absolute Gasteiger partial charge is 0.332 e. The number of nitrogens with zero attached hydrogens (tertiary/aromatic N) is 4. The molecular formula is C15H14BrN5O3. The van der Waals surface area contributed by atoms with Gasteiger partial charge in [0.25, 0.3) is 5.56 Å². The van der Waals surface area contributed by atoms with E-state index in [0.29, 0.717) is 10.2 Å². The summed E-state index contributed by atoms with van der Waals surface area (Å²) in [6.07, 6.45) is 1.46. The smallest absolute Gasteiger partial charge is 0.328 e. The van der Waals surface area contributed by atoms with Crippen LogP contribution in [0.15, 0.2) is 44.7 Å². The molecule has 9 heteroatoms. The molecule has 24 heavy (non-hydrogen) atoms. The number of anilines is 1. The molecule has 1 aromatic carbocycles. The Morgan fingerprint density at radius 3 is 2.67 bits per heavy atom. The highest BCUT2D eigenvalue weighted by molar-refractivity contribution is 9.10. The molecule has 0 radical (unpaired) electrons. The molecule has 3 aromatic rings. The Labute approximate surface area is 144 Å². The van der Waals surface area contributed by atoms with Gasteiger partial charge in [0.1, 0.15) is 6.54 Å². The minimum Gasteiger partial charge on any atom is -0.328 e. The van der Waals surface area contributed by atoms with E-state index in [9.17, 15) is 14.4 Å². The van der Waals surface area contributed by atoms with Gasteiger partial charge in [-0.1, -0.05) is 12.1 Å². The Bertz CT molecular complexity index is 1060. The Morgan fingerprint density at radius 2 is 1.96 bits per heavy atom. The SMILES string of the molecule is Cn1cnc2c1c(=O)n(CC(=O)Nc1ccccc1Br)c(=O)n2C. The molecule has 0 bridgehead atoms. The highest BCUT2D eigenvalue weighted by Crippen LogP contribution is 2.20. The lowest BCUT2D eigenvalue weighted by Gasteiger charge is -2.10. The molecule has 0 spiro atoms. The third-order valence-electron chi connectivity index (χ3n) is 3.65. The van der Waals surface area contributed by atoms with Gasteiger partial charge in [0.15, 0.2) is 11.2 Å². The molecule has 0 aliphatic heterocycles. The molecule has 2 heterocycles. The van der Waals surface area contributed by atoms with E-state index in [0.717, 1.165) is 4.57 Å². The molecule has 0 aliphatic carbocycles. The first-order valence-electron chi connectivity index (χ1n) is 7.05. The normalized spacial score (nSPS) is 11.0. The summed E-state index contributed by atoms with van der Waals surface area (Å²) in [5.41, 5.74) is -0.0152. The second kappa shape index (κ2) is 6.08. The lowest BCUT2D eigenvalue weighted by atomic mass is 10.3. The molecule has 1 amide bonds. The molecule has 3 rings (SSSR count). The van der Waals surface area contributed by atoms with E-state index in [2.05, 4.69) is 26.2 Å². The number of imidazole rings is 1. The van der Waals surface area contributed by atoms with Crippen LogP contribution < -0.4 is 16.6 Å². The van der Waals surface area contributed by atoms with Gasteiger partial charge >= 0.3 is 5.69 Å². The minimum atomic E-state index is -0.589. The lowest BCUT2D eigenvalue weighted by molar-refractivity contribution is -0.116. The van der Waals surface area contributed by atoms with Crippen molar-refractivity contribution in [3.05, 3.63) is 55.9 Å². The number of rotatable bonds is 3. The molecule has 0 aliphatic rings. The molecule has 8 nitrogen and oxygen atoms in total. The second-order valence-electron chi connectivity index (χ2n) is 5.29. The van der Waals surface area contributed by atoms with Gasteiger partial charge < -0.3 is 9.88 Å². The number of aromatic nitrogens is 4. The number of nitrogens with one attached hydrogen (secondary N) is 1. The van der Waals surface area contributed by atoms with Crippen molar-refractivity contribution in [3.8, 4) is 0 Å². The molecule has 1 N–H and O–H groups in total. The van der Waals surface area contributed by atoms with Crippen molar-refractivity contribution < 1.29 is 4.79 Å². The fourth-order valence-corrected chi connectivity index (χ4v) is 2.82. The average molecular weight is 392 g/mol. The van der Waals surface area contributed by atoms with E-state index in [-0.39, 0.29) is 17.7 Å². The third kappa shape index (κ3) is 2.67. The summed E-state index contributed by atoms with van der Waals surface area (Å²) >= 11 is 3.33. The van der Waals surface area contributed by atoms with Crippen molar-refractivity contribution in [3.63, 3.8) is 0 Å². The molecule has 2 aromatic heterocycles. The maximum absolute atomic E-state index is 12.5. The van der Waals surface area contributed by atoms with Crippen LogP contribution in [-0.2, 0) is 25.4 Å². The van der Waals surface area contributed by atoms with Crippen molar-refractivity contribution in [2.75, 3.05) is 5.32 Å². The van der Waals surface area contributed by atoms with Crippen LogP contribution >= 0.6 is 15.9 Å². The number of fused-ring (bicyclic) bond motifs is 1. The number of hydrogen-bond acceptors (Lipinski definition) is 4. The Balaban J connectivity index is 2.00. The number of para-hydroxylation sites is 1. The average Bonchev–Trinajstić information content (AvgIpc) is 2.94. The van der Waals surface area contributed by atoms with Gasteiger partial charge in [-0.3, -0.25) is 14.2 Å². The van der Waals surface area contributed by atoms with E-state index >= 15 is 0 Å². The summed E-state index contributed by atoms with van der Waals surface area (Å²) in [7, 11) is 3.17. The van der Waals surface area contributed by atoms with Crippen molar-refractivity contribution in [1.29, 1.82) is 0 Å². The molecule has 0 unspecified atom stereocenters. The maximum Gasteiger partial charge on any atom is 0.332 e. The number of amides is 1. The van der Waals surface area contributed by atoms with Crippen LogP contribution in [0.5, 0.6) is 0 Å². The number of carbonyl (C=O) groups excluding carboxylic acids is 1. The number of halogens is 1. The predicted molar refractivity (Wildman–Crippen MR) is 93.0 cm³/mol. The van der Waals surface area contributed by atoms with E-state index in [1.165, 1.54) is 22.5 Å². The molecule has 0 atom stereocenters. The topological polar surface area (TPSA) is 90.9 Å². The van der Waals surface area contributed by atoms with Crippen molar-refractivity contribution in [2.45, 2.75) is 6.54 Å². The monoisotopic (exact) mass is 391 g/mol. The second-order valence-corrected chi connectivity index (χ2v) is 6.14. The minimum absolute atomic E-state index is 0.269. The van der Waals surface area contributed by atoms with Crippen LogP contribution in [0.25, 0.3) is 11.2 Å². The molecular weight excluding hydrogens is 378 g/mol. The fraction of sp³-hybridized carbons (Fsp3) is 0.200. The number of benzene rings is 1. The Morgan fingerprint density at radius 1 is 1.25 bits per heavy atom. The number of hydrogen-bond donors (Lipinski definition) is 1. The quantitative estimate of drug-likeness (QED) is 0.715. The summed E-state index contributed by atoms with van der Waals surface area (Å²) in [5, 5.41) is 2.67. The highest BCUT2D eigenvalue weighted by Gasteiger charge is 2.17. The van der Waals surface area contributed by atoms with Gasteiger partial charge in [-0.05, 0) is 28.1 Å². The standard InChI is InChI=1S/C15H14BrN5O3/c1-19-8-17-13-12(19)14(23)21(15(24)20(13)2)7-11(22)18-10-6-4-3-5-9(10)16/h3-6,8H,7H2,1-2H3,(H,18,22). The Kier molecular flexibility index (Phi) is 4.10. The lowest BCUT2D eigenvalue weighted by Crippen LogP contribution is -2.42. The zero-order valence-corrected chi connectivity index (χ0v) is 14.6. The predicted octanol–water partition coefficient (Wildman–Crippen LogP) is 0.835. The van der Waals surface area contributed by atoms with Gasteiger partial charge in [-0.25, -0.2) is 14.3 Å². The third-order valence-corrected chi connectivity index (χ3v) is 4.34. The van der Waals surface area contributed by atoms with Crippen LogP contribution in [0.2, 0.25) is 0 Å². The Hall–Kier alpha value is -2.68. The molecule has 0 saturated carbocycles. The van der Waals surface area contributed by atoms with Gasteiger partial charge in [-0.2, -0.15) is 0 Å². The summed E-state index contributed by atoms with van der Waals surface area (Å²) in [4.78, 5) is 41.2. The van der Waals surface area contributed by atoms with E-state index in [4.69, 9.17) is 0 Å². The van der Waals surface area contributed by atoms with Gasteiger partial charge in [0.2, 0.25) is 5.91 Å². The van der Waals surface area contributed by atoms with Gasteiger partial charge in [0, 0.05) is 18.6 Å². The summed E-state index contributed by atoms with van der Waals surface area (Å²) < 4.78 is 4.39. The molecule has 124 valence electrons. The maximum atomic E-state index is 12.5. The van der Waals surface area contributed by atoms with Crippen LogP contribution in [0.1, 0.15) is 0 Å². The van der Waals surface area contributed by atoms with Crippen molar-refractivity contribution >= 4 is 38.7 Å². The van der Waals surface area contributed by atoms with E-state index in [1.54, 1.807) is 25.2 Å². The van der Waals surface area contributed by atoms with Crippen LogP contribution in [-0.4, -0.2) is 24.6 Å². The first kappa shape index (κ1) is 16.2. The molecule has 0 fully saturated rings. The highest BCUT2D eigenvalue weighted by atomic mass is 79.9. The first-order valence-corrected chi connectivity index (χ1v) is 7.84. The van der Waals surface area contributed by atoms with Crippen LogP contribution in [0.4, 0.5) is 5.69 Å². The summed E-state index contributed by atoms with van der Waals surface area (Å²) in [6.45, 7) is -0.381. The van der Waals surface area contributed by atoms with Crippen LogP contribution in [0, 0.1) is 0 Å². The first-order chi connectivity index (χ1) is 11.4. The van der Waals surface area contributed by atoms with E-state index in [1.807, 2.05) is 6.07 Å². The zero-order chi connectivity index (χ0) is 17.4. The van der Waals surface area contributed by atoms with Gasteiger partial charge in [0.05, 0.1) is 12.0 Å². The summed E-state index contributed by atoms with van der Waals surface area (Å²) in [5.74, 6) is -0.470. The van der Waals surface area contributed by atoms with Gasteiger partial charge in [-0.15, -0.1) is 0 Å². The van der Waals surface area contributed by atoms with Crippen molar-refractivity contribution in [1.82, 2.24) is 18.7 Å². The van der Waals surface area contributed by atoms with Crippen molar-refractivity contribution in [2.24, 2.45) is 14.1 Å². The fourth-order valence-electron chi connectivity index (χ4n) is 2.43. The van der Waals surface area contributed by atoms with Crippen LogP contribution in [0.3, 0.4) is 0 Å². The number of aryl methyl sites for hydroxylation is 2. The van der Waals surface area contributed by atoms with E-state index < -0.39 is 17.2 Å². The molecule has 0 saturated heterocycles. The summed E-state index contributed by atoms with van der Waals surface area (Å²) in [6, 6.07) is 7.08. The zero-order valence-electron chi connectivity index (χ0n) is 13.0. The number of carbonyl (C=O) groups is 1.